The summed E-state index contributed by atoms with van der Waals surface area (Å²) in [5.41, 5.74) is -0.834. The van der Waals surface area contributed by atoms with Crippen molar-refractivity contribution < 1.29 is 14.6 Å². The molecule has 0 aromatic heterocycles. The molecule has 0 spiro atoms. The van der Waals surface area contributed by atoms with Crippen LogP contribution in [-0.2, 0) is 0 Å². The highest BCUT2D eigenvalue weighted by atomic mass is 35.5. The molecule has 0 saturated heterocycles. The lowest BCUT2D eigenvalue weighted by atomic mass is 10.1. The highest BCUT2D eigenvalue weighted by molar-refractivity contribution is 6.34. The van der Waals surface area contributed by atoms with E-state index in [4.69, 9.17) is 23.2 Å². The molecular weight excluding hydrogens is 349 g/mol. The van der Waals surface area contributed by atoms with Gasteiger partial charge in [-0.05, 0) is 18.2 Å². The first-order chi connectivity index (χ1) is 10.8. The maximum absolute atomic E-state index is 12.2. The van der Waals surface area contributed by atoms with Gasteiger partial charge in [0.1, 0.15) is 5.56 Å². The lowest BCUT2D eigenvalue weighted by Gasteiger charge is -2.07. The normalized spacial score (nSPS) is 10.2. The molecule has 2 rings (SSSR count). The van der Waals surface area contributed by atoms with Gasteiger partial charge in [-0.2, -0.15) is 0 Å². The smallest absolute Gasteiger partial charge is 0.283 e. The van der Waals surface area contributed by atoms with Gasteiger partial charge in [0.2, 0.25) is 0 Å². The third-order valence-electron chi connectivity index (χ3n) is 2.81. The summed E-state index contributed by atoms with van der Waals surface area (Å²) in [5, 5.41) is 24.0. The van der Waals surface area contributed by atoms with Crippen molar-refractivity contribution in [3.05, 3.63) is 72.2 Å². The minimum absolute atomic E-state index is 0.0656. The predicted molar refractivity (Wildman–Crippen MR) is 84.2 cm³/mol. The zero-order valence-corrected chi connectivity index (χ0v) is 12.7. The van der Waals surface area contributed by atoms with E-state index in [1.165, 1.54) is 18.2 Å². The van der Waals surface area contributed by atoms with Crippen molar-refractivity contribution in [2.24, 2.45) is 0 Å². The van der Waals surface area contributed by atoms with E-state index in [1.807, 2.05) is 0 Å². The molecule has 1 N–H and O–H groups in total. The van der Waals surface area contributed by atoms with Crippen LogP contribution < -0.4 is 5.32 Å². The van der Waals surface area contributed by atoms with Crippen molar-refractivity contribution in [2.45, 2.75) is 0 Å². The summed E-state index contributed by atoms with van der Waals surface area (Å²) in [6.07, 6.45) is 0. The average Bonchev–Trinajstić information content (AvgIpc) is 2.48. The fourth-order valence-electron chi connectivity index (χ4n) is 1.76. The van der Waals surface area contributed by atoms with Crippen molar-refractivity contribution >= 4 is 46.2 Å². The molecule has 0 atom stereocenters. The summed E-state index contributed by atoms with van der Waals surface area (Å²) < 4.78 is 0. The summed E-state index contributed by atoms with van der Waals surface area (Å²) in [6, 6.07) is 7.04. The Kier molecular flexibility index (Phi) is 4.77. The van der Waals surface area contributed by atoms with Gasteiger partial charge in [0.25, 0.3) is 17.3 Å². The van der Waals surface area contributed by atoms with Crippen LogP contribution in [0.4, 0.5) is 17.1 Å². The van der Waals surface area contributed by atoms with Crippen molar-refractivity contribution in [1.29, 1.82) is 0 Å². The van der Waals surface area contributed by atoms with Crippen LogP contribution in [-0.4, -0.2) is 15.8 Å². The van der Waals surface area contributed by atoms with E-state index < -0.39 is 21.4 Å². The summed E-state index contributed by atoms with van der Waals surface area (Å²) in [7, 11) is 0. The number of nitro benzene ring substituents is 2. The van der Waals surface area contributed by atoms with E-state index in [-0.39, 0.29) is 27.0 Å². The zero-order chi connectivity index (χ0) is 17.1. The van der Waals surface area contributed by atoms with E-state index in [0.717, 1.165) is 18.2 Å². The molecule has 0 bridgehead atoms. The number of nitro groups is 2. The molecule has 1 amide bonds. The lowest BCUT2D eigenvalue weighted by molar-refractivity contribution is -0.385. The molecule has 0 aliphatic carbocycles. The first kappa shape index (κ1) is 16.7. The molecule has 0 unspecified atom stereocenters. The number of carbonyl (C=O) groups excluding carboxylic acids is 1. The Bertz CT molecular complexity index is 825. The topological polar surface area (TPSA) is 115 Å². The number of nitrogens with zero attached hydrogens (tertiary/aromatic N) is 2. The van der Waals surface area contributed by atoms with Crippen LogP contribution in [0.2, 0.25) is 10.0 Å². The number of amides is 1. The Labute approximate surface area is 138 Å². The van der Waals surface area contributed by atoms with Crippen molar-refractivity contribution in [3.8, 4) is 0 Å². The SMILES string of the molecule is O=C(Nc1ccc([N+](=O)[O-])cc1Cl)c1ccc(Cl)cc1[N+](=O)[O-]. The molecule has 23 heavy (non-hydrogen) atoms. The van der Waals surface area contributed by atoms with Gasteiger partial charge in [0.15, 0.2) is 0 Å². The van der Waals surface area contributed by atoms with Gasteiger partial charge < -0.3 is 5.32 Å². The zero-order valence-electron chi connectivity index (χ0n) is 11.2. The van der Waals surface area contributed by atoms with Crippen molar-refractivity contribution in [1.82, 2.24) is 0 Å². The first-order valence-corrected chi connectivity index (χ1v) is 6.74. The second-order valence-electron chi connectivity index (χ2n) is 4.29. The van der Waals surface area contributed by atoms with E-state index in [0.29, 0.717) is 0 Å². The average molecular weight is 356 g/mol. The Hall–Kier alpha value is -2.71. The number of benzene rings is 2. The highest BCUT2D eigenvalue weighted by Gasteiger charge is 2.21. The minimum atomic E-state index is -0.788. The van der Waals surface area contributed by atoms with Crippen LogP contribution in [0.1, 0.15) is 10.4 Å². The highest BCUT2D eigenvalue weighted by Crippen LogP contribution is 2.29. The maximum atomic E-state index is 12.2. The number of carbonyl (C=O) groups is 1. The quantitative estimate of drug-likeness (QED) is 0.655. The van der Waals surface area contributed by atoms with Gasteiger partial charge in [-0.15, -0.1) is 0 Å². The fourth-order valence-corrected chi connectivity index (χ4v) is 2.14. The van der Waals surface area contributed by atoms with Crippen LogP contribution in [0.15, 0.2) is 36.4 Å². The summed E-state index contributed by atoms with van der Waals surface area (Å²) in [5.74, 6) is -0.788. The molecule has 2 aromatic rings. The molecule has 0 fully saturated rings. The maximum Gasteiger partial charge on any atom is 0.283 e. The number of hydrogen-bond acceptors (Lipinski definition) is 5. The van der Waals surface area contributed by atoms with Crippen molar-refractivity contribution in [3.63, 3.8) is 0 Å². The van der Waals surface area contributed by atoms with Crippen molar-refractivity contribution in [2.75, 3.05) is 5.32 Å². The molecular formula is C13H7Cl2N3O5. The van der Waals surface area contributed by atoms with Gasteiger partial charge in [0, 0.05) is 23.2 Å². The summed E-state index contributed by atoms with van der Waals surface area (Å²) in [4.78, 5) is 32.4. The first-order valence-electron chi connectivity index (χ1n) is 5.99. The molecule has 0 aliphatic rings. The second-order valence-corrected chi connectivity index (χ2v) is 5.14. The third-order valence-corrected chi connectivity index (χ3v) is 3.36. The second kappa shape index (κ2) is 6.59. The van der Waals surface area contributed by atoms with Gasteiger partial charge in [-0.1, -0.05) is 23.2 Å². The van der Waals surface area contributed by atoms with E-state index in [2.05, 4.69) is 5.32 Å². The number of nitrogens with one attached hydrogen (secondary N) is 1. The lowest BCUT2D eigenvalue weighted by Crippen LogP contribution is -2.14. The number of hydrogen-bond donors (Lipinski definition) is 1. The molecule has 8 nitrogen and oxygen atoms in total. The van der Waals surface area contributed by atoms with E-state index in [1.54, 1.807) is 0 Å². The van der Waals surface area contributed by atoms with Gasteiger partial charge in [-0.25, -0.2) is 0 Å². The third kappa shape index (κ3) is 3.74. The predicted octanol–water partition coefficient (Wildman–Crippen LogP) is 4.06. The largest absolute Gasteiger partial charge is 0.320 e. The Morgan fingerprint density at radius 3 is 2.26 bits per heavy atom. The molecule has 0 heterocycles. The minimum Gasteiger partial charge on any atom is -0.320 e. The molecule has 10 heteroatoms. The Balaban J connectivity index is 2.33. The van der Waals surface area contributed by atoms with Gasteiger partial charge in [0.05, 0.1) is 20.6 Å². The standard InChI is InChI=1S/C13H7Cl2N3O5/c14-7-1-3-9(12(5-7)18(22)23)13(19)16-11-4-2-8(17(20)21)6-10(11)15/h1-6H,(H,16,19). The molecule has 118 valence electrons. The van der Waals surface area contributed by atoms with E-state index >= 15 is 0 Å². The van der Waals surface area contributed by atoms with Crippen LogP contribution in [0.25, 0.3) is 0 Å². The number of anilines is 1. The molecule has 2 aromatic carbocycles. The van der Waals surface area contributed by atoms with Crippen LogP contribution in [0.3, 0.4) is 0 Å². The molecule has 0 aliphatic heterocycles. The summed E-state index contributed by atoms with van der Waals surface area (Å²) >= 11 is 11.5. The van der Waals surface area contributed by atoms with Crippen LogP contribution >= 0.6 is 23.2 Å². The number of rotatable bonds is 4. The number of non-ortho nitro benzene ring substituents is 1. The monoisotopic (exact) mass is 355 g/mol. The van der Waals surface area contributed by atoms with E-state index in [9.17, 15) is 25.0 Å². The number of halogens is 2. The fraction of sp³-hybridized carbons (Fsp3) is 0. The molecule has 0 saturated carbocycles. The Morgan fingerprint density at radius 1 is 1.00 bits per heavy atom. The Morgan fingerprint density at radius 2 is 1.70 bits per heavy atom. The molecule has 0 radical (unpaired) electrons. The van der Waals surface area contributed by atoms with Gasteiger partial charge in [-0.3, -0.25) is 25.0 Å². The summed E-state index contributed by atoms with van der Waals surface area (Å²) in [6.45, 7) is 0. The van der Waals surface area contributed by atoms with Crippen LogP contribution in [0.5, 0.6) is 0 Å². The van der Waals surface area contributed by atoms with Crippen LogP contribution in [0, 0.1) is 20.2 Å². The van der Waals surface area contributed by atoms with Gasteiger partial charge >= 0.3 is 0 Å².